The van der Waals surface area contributed by atoms with E-state index < -0.39 is 0 Å². The van der Waals surface area contributed by atoms with Crippen LogP contribution in [0.1, 0.15) is 17.2 Å². The summed E-state index contributed by atoms with van der Waals surface area (Å²) < 4.78 is 0. The average Bonchev–Trinajstić information content (AvgIpc) is 2.56. The fourth-order valence-electron chi connectivity index (χ4n) is 2.21. The molecular weight excluding hydrogens is 292 g/mol. The van der Waals surface area contributed by atoms with E-state index in [9.17, 15) is 4.79 Å². The summed E-state index contributed by atoms with van der Waals surface area (Å²) in [4.78, 5) is 12.1. The molecule has 1 N–H and O–H groups in total. The summed E-state index contributed by atoms with van der Waals surface area (Å²) in [5, 5.41) is 11.6. The molecule has 3 nitrogen and oxygen atoms in total. The third-order valence-electron chi connectivity index (χ3n) is 3.22. The number of thioether (sulfide) groups is 1. The van der Waals surface area contributed by atoms with Crippen molar-refractivity contribution in [2.24, 2.45) is 0 Å². The first-order chi connectivity index (χ1) is 10.8. The van der Waals surface area contributed by atoms with Gasteiger partial charge in [-0.05, 0) is 17.5 Å². The third-order valence-corrected chi connectivity index (χ3v) is 4.02. The summed E-state index contributed by atoms with van der Waals surface area (Å²) in [6.07, 6.45) is 0.750. The van der Waals surface area contributed by atoms with Gasteiger partial charge in [-0.2, -0.15) is 5.26 Å². The quantitative estimate of drug-likeness (QED) is 0.798. The Morgan fingerprint density at radius 1 is 1.09 bits per heavy atom. The molecule has 0 saturated carbocycles. The fourth-order valence-corrected chi connectivity index (χ4v) is 2.67. The van der Waals surface area contributed by atoms with Crippen LogP contribution >= 0.6 is 11.8 Å². The lowest BCUT2D eigenvalue weighted by molar-refractivity contribution is -0.119. The monoisotopic (exact) mass is 310 g/mol. The molecule has 2 rings (SSSR count). The smallest absolute Gasteiger partial charge is 0.230 e. The summed E-state index contributed by atoms with van der Waals surface area (Å²) in [5.41, 5.74) is 2.27. The molecule has 1 amide bonds. The molecule has 22 heavy (non-hydrogen) atoms. The predicted octanol–water partition coefficient (Wildman–Crippen LogP) is 3.34. The van der Waals surface area contributed by atoms with Crippen molar-refractivity contribution in [3.05, 3.63) is 71.8 Å². The van der Waals surface area contributed by atoms with Gasteiger partial charge in [-0.15, -0.1) is 11.8 Å². The van der Waals surface area contributed by atoms with Crippen molar-refractivity contribution >= 4 is 17.7 Å². The highest BCUT2D eigenvalue weighted by atomic mass is 32.2. The van der Waals surface area contributed by atoms with E-state index >= 15 is 0 Å². The summed E-state index contributed by atoms with van der Waals surface area (Å²) in [6, 6.07) is 22.1. The highest BCUT2D eigenvalue weighted by molar-refractivity contribution is 8.00. The second-order valence-electron chi connectivity index (χ2n) is 4.87. The largest absolute Gasteiger partial charge is 0.348 e. The summed E-state index contributed by atoms with van der Waals surface area (Å²) in [7, 11) is 0. The van der Waals surface area contributed by atoms with E-state index in [1.165, 1.54) is 17.3 Å². The minimum atomic E-state index is -0.0567. The highest BCUT2D eigenvalue weighted by Gasteiger charge is 2.15. The van der Waals surface area contributed by atoms with E-state index in [-0.39, 0.29) is 11.9 Å². The molecule has 1 atom stereocenters. The van der Waals surface area contributed by atoms with Crippen LogP contribution in [0.25, 0.3) is 0 Å². The van der Waals surface area contributed by atoms with Gasteiger partial charge in [0.2, 0.25) is 5.91 Å². The zero-order valence-electron chi connectivity index (χ0n) is 12.2. The molecule has 2 aromatic rings. The van der Waals surface area contributed by atoms with Gasteiger partial charge in [0.15, 0.2) is 0 Å². The van der Waals surface area contributed by atoms with Crippen molar-refractivity contribution in [1.29, 1.82) is 5.26 Å². The van der Waals surface area contributed by atoms with Crippen molar-refractivity contribution < 1.29 is 4.79 Å². The predicted molar refractivity (Wildman–Crippen MR) is 90.4 cm³/mol. The van der Waals surface area contributed by atoms with Crippen LogP contribution < -0.4 is 5.32 Å². The van der Waals surface area contributed by atoms with Gasteiger partial charge in [-0.3, -0.25) is 4.79 Å². The van der Waals surface area contributed by atoms with E-state index in [1.54, 1.807) is 0 Å². The second kappa shape index (κ2) is 8.91. The Kier molecular flexibility index (Phi) is 6.53. The SMILES string of the molecule is N#CCSCC(=O)N[C@H](Cc1ccccc1)c1ccccc1. The Balaban J connectivity index is 2.05. The molecular formula is C18H18N2OS. The molecule has 0 aromatic heterocycles. The number of carbonyl (C=O) groups is 1. The topological polar surface area (TPSA) is 52.9 Å². The summed E-state index contributed by atoms with van der Waals surface area (Å²) >= 11 is 1.33. The highest BCUT2D eigenvalue weighted by Crippen LogP contribution is 2.18. The lowest BCUT2D eigenvalue weighted by Gasteiger charge is -2.19. The van der Waals surface area contributed by atoms with Crippen molar-refractivity contribution in [3.63, 3.8) is 0 Å². The Hall–Kier alpha value is -2.25. The first-order valence-electron chi connectivity index (χ1n) is 7.12. The number of nitrogens with one attached hydrogen (secondary N) is 1. The second-order valence-corrected chi connectivity index (χ2v) is 5.86. The lowest BCUT2D eigenvalue weighted by Crippen LogP contribution is -2.31. The molecule has 0 bridgehead atoms. The number of amides is 1. The van der Waals surface area contributed by atoms with Gasteiger partial charge in [0.25, 0.3) is 0 Å². The zero-order valence-corrected chi connectivity index (χ0v) is 13.1. The molecule has 0 radical (unpaired) electrons. The van der Waals surface area contributed by atoms with Gasteiger partial charge in [0, 0.05) is 0 Å². The maximum Gasteiger partial charge on any atom is 0.230 e. The summed E-state index contributed by atoms with van der Waals surface area (Å²) in [5.74, 6) is 0.610. The van der Waals surface area contributed by atoms with Gasteiger partial charge >= 0.3 is 0 Å². The number of hydrogen-bond donors (Lipinski definition) is 1. The molecule has 0 heterocycles. The summed E-state index contributed by atoms with van der Waals surface area (Å²) in [6.45, 7) is 0. The standard InChI is InChI=1S/C18H18N2OS/c19-11-12-22-14-18(21)20-17(16-9-5-2-6-10-16)13-15-7-3-1-4-8-15/h1-10,17H,12-14H2,(H,20,21)/t17-/m1/s1. The Morgan fingerprint density at radius 3 is 2.36 bits per heavy atom. The molecule has 0 saturated heterocycles. The first-order valence-corrected chi connectivity index (χ1v) is 8.28. The maximum atomic E-state index is 12.1. The number of carbonyl (C=O) groups excluding carboxylic acids is 1. The van der Waals surface area contributed by atoms with Gasteiger partial charge in [0.05, 0.1) is 23.6 Å². The van der Waals surface area contributed by atoms with Crippen molar-refractivity contribution in [3.8, 4) is 6.07 Å². The molecule has 112 valence electrons. The number of rotatable bonds is 7. The van der Waals surface area contributed by atoms with Crippen LogP contribution in [0, 0.1) is 11.3 Å². The molecule has 4 heteroatoms. The first kappa shape index (κ1) is 16.1. The molecule has 2 aromatic carbocycles. The van der Waals surface area contributed by atoms with E-state index in [2.05, 4.69) is 17.4 Å². The average molecular weight is 310 g/mol. The van der Waals surface area contributed by atoms with E-state index in [0.717, 1.165) is 12.0 Å². The normalized spacial score (nSPS) is 11.4. The minimum absolute atomic E-state index is 0.0370. The molecule has 0 spiro atoms. The zero-order chi connectivity index (χ0) is 15.6. The van der Waals surface area contributed by atoms with Gasteiger partial charge in [-0.1, -0.05) is 60.7 Å². The molecule has 0 aliphatic heterocycles. The Labute approximate surface area is 135 Å². The third kappa shape index (κ3) is 5.27. The Morgan fingerprint density at radius 2 is 1.73 bits per heavy atom. The fraction of sp³-hybridized carbons (Fsp3) is 0.222. The van der Waals surface area contributed by atoms with Crippen LogP contribution in [0.3, 0.4) is 0 Å². The van der Waals surface area contributed by atoms with Crippen LogP contribution in [0.5, 0.6) is 0 Å². The van der Waals surface area contributed by atoms with Crippen molar-refractivity contribution in [2.45, 2.75) is 12.5 Å². The molecule has 0 aliphatic rings. The number of benzene rings is 2. The van der Waals surface area contributed by atoms with Crippen molar-refractivity contribution in [1.82, 2.24) is 5.32 Å². The number of nitrogens with zero attached hydrogens (tertiary/aromatic N) is 1. The van der Waals surface area contributed by atoms with Crippen LogP contribution in [0.2, 0.25) is 0 Å². The van der Waals surface area contributed by atoms with Crippen LogP contribution in [0.15, 0.2) is 60.7 Å². The maximum absolute atomic E-state index is 12.1. The van der Waals surface area contributed by atoms with Gasteiger partial charge < -0.3 is 5.32 Å². The molecule has 0 fully saturated rings. The number of hydrogen-bond acceptors (Lipinski definition) is 3. The van der Waals surface area contributed by atoms with E-state index in [1.807, 2.05) is 54.6 Å². The van der Waals surface area contributed by atoms with Gasteiger partial charge in [0.1, 0.15) is 0 Å². The van der Waals surface area contributed by atoms with Crippen LogP contribution in [-0.2, 0) is 11.2 Å². The van der Waals surface area contributed by atoms with Crippen LogP contribution in [0.4, 0.5) is 0 Å². The van der Waals surface area contributed by atoms with Crippen molar-refractivity contribution in [2.75, 3.05) is 11.5 Å². The van der Waals surface area contributed by atoms with Gasteiger partial charge in [-0.25, -0.2) is 0 Å². The van der Waals surface area contributed by atoms with E-state index in [0.29, 0.717) is 11.5 Å². The Bertz CT molecular complexity index is 623. The minimum Gasteiger partial charge on any atom is -0.348 e. The lowest BCUT2D eigenvalue weighted by atomic mass is 9.99. The number of nitriles is 1. The van der Waals surface area contributed by atoms with E-state index in [4.69, 9.17) is 5.26 Å². The molecule has 0 aliphatic carbocycles. The molecule has 0 unspecified atom stereocenters. The van der Waals surface area contributed by atoms with Crippen LogP contribution in [-0.4, -0.2) is 17.4 Å².